The summed E-state index contributed by atoms with van der Waals surface area (Å²) in [5, 5.41) is 12.2. The van der Waals surface area contributed by atoms with E-state index in [1.54, 1.807) is 0 Å². The van der Waals surface area contributed by atoms with Crippen LogP contribution in [0.5, 0.6) is 0 Å². The Hall–Kier alpha value is -0.850. The fourth-order valence-electron chi connectivity index (χ4n) is 1.26. The van der Waals surface area contributed by atoms with E-state index in [-0.39, 0.29) is 6.54 Å². The lowest BCUT2D eigenvalue weighted by Gasteiger charge is -2.17. The zero-order valence-corrected chi connectivity index (χ0v) is 9.97. The number of alkyl halides is 4. The average Bonchev–Trinajstić information content (AvgIpc) is 2.29. The fourth-order valence-corrected chi connectivity index (χ4v) is 1.38. The number of nitrogens with one attached hydrogen (secondary N) is 1. The van der Waals surface area contributed by atoms with Crippen molar-refractivity contribution in [1.82, 2.24) is 5.32 Å². The van der Waals surface area contributed by atoms with Gasteiger partial charge in [-0.2, -0.15) is 8.78 Å². The standard InChI is InChI=1S/C11H12ClF4NO/c12-8-3-1-7(2-4-8)9(18)5-17-6-11(15,16)10(13)14/h1-4,9-10,17-18H,5-6H2. The molecule has 1 unspecified atom stereocenters. The van der Waals surface area contributed by atoms with E-state index in [1.165, 1.54) is 24.3 Å². The quantitative estimate of drug-likeness (QED) is 0.788. The van der Waals surface area contributed by atoms with E-state index >= 15 is 0 Å². The largest absolute Gasteiger partial charge is 0.387 e. The van der Waals surface area contributed by atoms with Crippen LogP contribution in [-0.2, 0) is 0 Å². The second-order valence-electron chi connectivity index (χ2n) is 3.76. The monoisotopic (exact) mass is 285 g/mol. The van der Waals surface area contributed by atoms with Crippen LogP contribution in [0.3, 0.4) is 0 Å². The highest BCUT2D eigenvalue weighted by Gasteiger charge is 2.40. The molecule has 0 radical (unpaired) electrons. The Morgan fingerprint density at radius 1 is 1.22 bits per heavy atom. The number of aliphatic hydroxyl groups is 1. The van der Waals surface area contributed by atoms with Crippen LogP contribution in [0, 0.1) is 0 Å². The van der Waals surface area contributed by atoms with Crippen LogP contribution in [0.1, 0.15) is 11.7 Å². The number of rotatable bonds is 6. The molecule has 0 amide bonds. The van der Waals surface area contributed by atoms with Crippen molar-refractivity contribution in [1.29, 1.82) is 0 Å². The van der Waals surface area contributed by atoms with Crippen LogP contribution in [0.15, 0.2) is 24.3 Å². The topological polar surface area (TPSA) is 32.3 Å². The smallest absolute Gasteiger partial charge is 0.319 e. The summed E-state index contributed by atoms with van der Waals surface area (Å²) < 4.78 is 48.8. The van der Waals surface area contributed by atoms with Gasteiger partial charge in [0.15, 0.2) is 0 Å². The van der Waals surface area contributed by atoms with Gasteiger partial charge >= 0.3 is 12.3 Å². The summed E-state index contributed by atoms with van der Waals surface area (Å²) in [6.07, 6.45) is -4.78. The van der Waals surface area contributed by atoms with Gasteiger partial charge in [-0.3, -0.25) is 0 Å². The molecule has 0 aliphatic heterocycles. The molecule has 1 aromatic carbocycles. The zero-order chi connectivity index (χ0) is 13.8. The number of aliphatic hydroxyl groups excluding tert-OH is 1. The van der Waals surface area contributed by atoms with E-state index in [0.717, 1.165) is 0 Å². The minimum atomic E-state index is -4.10. The fraction of sp³-hybridized carbons (Fsp3) is 0.455. The Bertz CT molecular complexity index is 372. The van der Waals surface area contributed by atoms with Crippen molar-refractivity contribution in [3.63, 3.8) is 0 Å². The van der Waals surface area contributed by atoms with E-state index < -0.39 is 25.0 Å². The minimum absolute atomic E-state index is 0.246. The second-order valence-corrected chi connectivity index (χ2v) is 4.20. The molecule has 1 rings (SSSR count). The summed E-state index contributed by atoms with van der Waals surface area (Å²) in [5.41, 5.74) is 0.465. The number of benzene rings is 1. The van der Waals surface area contributed by atoms with Crippen LogP contribution in [0.2, 0.25) is 5.02 Å². The van der Waals surface area contributed by atoms with Gasteiger partial charge in [0.2, 0.25) is 0 Å². The molecule has 0 bridgehead atoms. The van der Waals surface area contributed by atoms with Crippen molar-refractivity contribution >= 4 is 11.6 Å². The molecule has 0 aliphatic carbocycles. The first kappa shape index (κ1) is 15.2. The van der Waals surface area contributed by atoms with E-state index in [1.807, 2.05) is 0 Å². The molecule has 2 N–H and O–H groups in total. The molecule has 1 atom stereocenters. The van der Waals surface area contributed by atoms with E-state index in [4.69, 9.17) is 11.6 Å². The van der Waals surface area contributed by atoms with Crippen molar-refractivity contribution in [3.8, 4) is 0 Å². The third-order valence-electron chi connectivity index (χ3n) is 2.27. The summed E-state index contributed by atoms with van der Waals surface area (Å²) in [5.74, 6) is -4.10. The predicted octanol–water partition coefficient (Wildman–Crippen LogP) is 2.86. The molecule has 0 heterocycles. The lowest BCUT2D eigenvalue weighted by Crippen LogP contribution is -2.40. The van der Waals surface area contributed by atoms with Crippen molar-refractivity contribution in [3.05, 3.63) is 34.9 Å². The Kier molecular flexibility index (Phi) is 5.37. The van der Waals surface area contributed by atoms with Gasteiger partial charge in [0.25, 0.3) is 0 Å². The van der Waals surface area contributed by atoms with Gasteiger partial charge in [-0.05, 0) is 17.7 Å². The third kappa shape index (κ3) is 4.44. The first-order chi connectivity index (χ1) is 8.33. The first-order valence-corrected chi connectivity index (χ1v) is 5.51. The van der Waals surface area contributed by atoms with Crippen molar-refractivity contribution in [2.45, 2.75) is 18.5 Å². The molecule has 0 spiro atoms. The van der Waals surface area contributed by atoms with E-state index in [9.17, 15) is 22.7 Å². The lowest BCUT2D eigenvalue weighted by atomic mass is 10.1. The summed E-state index contributed by atoms with van der Waals surface area (Å²) in [6, 6.07) is 6.13. The van der Waals surface area contributed by atoms with Gasteiger partial charge in [0, 0.05) is 11.6 Å². The van der Waals surface area contributed by atoms with Crippen LogP contribution in [0.4, 0.5) is 17.6 Å². The van der Waals surface area contributed by atoms with Gasteiger partial charge < -0.3 is 10.4 Å². The Labute approximate surface area is 107 Å². The van der Waals surface area contributed by atoms with E-state index in [2.05, 4.69) is 5.32 Å². The Balaban J connectivity index is 2.42. The molecule has 102 valence electrons. The number of hydrogen-bond donors (Lipinski definition) is 2. The summed E-state index contributed by atoms with van der Waals surface area (Å²) in [4.78, 5) is 0. The molecule has 0 saturated heterocycles. The molecule has 0 saturated carbocycles. The SMILES string of the molecule is OC(CNCC(F)(F)C(F)F)c1ccc(Cl)cc1. The molecule has 2 nitrogen and oxygen atoms in total. The molecular formula is C11H12ClF4NO. The molecule has 7 heteroatoms. The highest BCUT2D eigenvalue weighted by Crippen LogP contribution is 2.22. The normalized spacial score (nSPS) is 13.9. The van der Waals surface area contributed by atoms with Crippen molar-refractivity contribution in [2.75, 3.05) is 13.1 Å². The van der Waals surface area contributed by atoms with E-state index in [0.29, 0.717) is 10.6 Å². The number of hydrogen-bond acceptors (Lipinski definition) is 2. The number of halogens is 5. The average molecular weight is 286 g/mol. The maximum atomic E-state index is 12.5. The maximum absolute atomic E-state index is 12.5. The summed E-state index contributed by atoms with van der Waals surface area (Å²) in [7, 11) is 0. The van der Waals surface area contributed by atoms with Crippen LogP contribution in [0.25, 0.3) is 0 Å². The minimum Gasteiger partial charge on any atom is -0.387 e. The Morgan fingerprint density at radius 3 is 2.28 bits per heavy atom. The van der Waals surface area contributed by atoms with Gasteiger partial charge in [0.05, 0.1) is 12.6 Å². The Morgan fingerprint density at radius 2 is 1.78 bits per heavy atom. The summed E-state index contributed by atoms with van der Waals surface area (Å²) in [6.45, 7) is -1.43. The lowest BCUT2D eigenvalue weighted by molar-refractivity contribution is -0.125. The predicted molar refractivity (Wildman–Crippen MR) is 60.2 cm³/mol. The van der Waals surface area contributed by atoms with Gasteiger partial charge in [-0.15, -0.1) is 0 Å². The summed E-state index contributed by atoms with van der Waals surface area (Å²) >= 11 is 5.64. The second kappa shape index (κ2) is 6.36. The van der Waals surface area contributed by atoms with Crippen molar-refractivity contribution < 1.29 is 22.7 Å². The van der Waals surface area contributed by atoms with Crippen LogP contribution in [-0.4, -0.2) is 30.5 Å². The first-order valence-electron chi connectivity index (χ1n) is 5.13. The zero-order valence-electron chi connectivity index (χ0n) is 9.22. The molecule has 0 aromatic heterocycles. The van der Waals surface area contributed by atoms with Gasteiger partial charge in [0.1, 0.15) is 0 Å². The van der Waals surface area contributed by atoms with Crippen LogP contribution >= 0.6 is 11.6 Å². The van der Waals surface area contributed by atoms with Crippen molar-refractivity contribution in [2.24, 2.45) is 0 Å². The third-order valence-corrected chi connectivity index (χ3v) is 2.52. The maximum Gasteiger partial charge on any atom is 0.319 e. The molecular weight excluding hydrogens is 274 g/mol. The van der Waals surface area contributed by atoms with Crippen LogP contribution < -0.4 is 5.32 Å². The molecule has 1 aromatic rings. The van der Waals surface area contributed by atoms with Gasteiger partial charge in [-0.25, -0.2) is 8.78 Å². The highest BCUT2D eigenvalue weighted by molar-refractivity contribution is 6.30. The highest BCUT2D eigenvalue weighted by atomic mass is 35.5. The van der Waals surface area contributed by atoms with Gasteiger partial charge in [-0.1, -0.05) is 23.7 Å². The molecule has 0 aliphatic rings. The molecule has 18 heavy (non-hydrogen) atoms. The molecule has 0 fully saturated rings.